The third-order valence-corrected chi connectivity index (χ3v) is 4.32. The summed E-state index contributed by atoms with van der Waals surface area (Å²) in [6, 6.07) is 20.0. The Morgan fingerprint density at radius 1 is 1.12 bits per heavy atom. The summed E-state index contributed by atoms with van der Waals surface area (Å²) in [7, 11) is 1.64. The Kier molecular flexibility index (Phi) is 5.26. The van der Waals surface area contributed by atoms with Gasteiger partial charge in [-0.25, -0.2) is 4.68 Å². The maximum absolute atomic E-state index is 8.86. The van der Waals surface area contributed by atoms with Crippen molar-refractivity contribution in [2.75, 3.05) is 7.11 Å². The molecule has 5 nitrogen and oxygen atoms in total. The van der Waals surface area contributed by atoms with Gasteiger partial charge in [0, 0.05) is 5.56 Å². The number of aromatic nitrogens is 3. The second-order valence-electron chi connectivity index (χ2n) is 5.54. The van der Waals surface area contributed by atoms with Crippen LogP contribution >= 0.6 is 12.2 Å². The first kappa shape index (κ1) is 16.9. The highest BCUT2D eigenvalue weighted by Crippen LogP contribution is 2.22. The van der Waals surface area contributed by atoms with Gasteiger partial charge in [-0.1, -0.05) is 30.3 Å². The van der Waals surface area contributed by atoms with Crippen molar-refractivity contribution < 1.29 is 4.74 Å². The van der Waals surface area contributed by atoms with Crippen LogP contribution in [0.15, 0.2) is 54.6 Å². The molecule has 3 aromatic rings. The maximum Gasteiger partial charge on any atom is 0.198 e. The molecule has 0 spiro atoms. The van der Waals surface area contributed by atoms with Crippen molar-refractivity contribution in [3.63, 3.8) is 0 Å². The minimum atomic E-state index is 0.374. The lowest BCUT2D eigenvalue weighted by molar-refractivity contribution is 0.415. The average Bonchev–Trinajstić information content (AvgIpc) is 2.97. The van der Waals surface area contributed by atoms with E-state index in [9.17, 15) is 0 Å². The molecule has 126 valence electrons. The number of rotatable bonds is 6. The van der Waals surface area contributed by atoms with Crippen LogP contribution in [0.2, 0.25) is 0 Å². The van der Waals surface area contributed by atoms with Crippen molar-refractivity contribution in [3.05, 3.63) is 64.9 Å². The van der Waals surface area contributed by atoms with E-state index < -0.39 is 0 Å². The topological polar surface area (TPSA) is 55.8 Å². The van der Waals surface area contributed by atoms with Crippen molar-refractivity contribution in [3.8, 4) is 23.2 Å². The van der Waals surface area contributed by atoms with Gasteiger partial charge in [-0.3, -0.25) is 4.57 Å². The smallest absolute Gasteiger partial charge is 0.198 e. The normalized spacial score (nSPS) is 10.4. The standard InChI is InChI=1S/C19H18N4OS/c1-24-17-10-8-16(9-11-17)18-21-23(13-5-12-20)19(25)22(18)14-15-6-3-2-4-7-15/h2-4,6-11H,5,13-14H2,1H3. The Hall–Kier alpha value is -2.91. The molecule has 0 saturated heterocycles. The highest BCUT2D eigenvalue weighted by molar-refractivity contribution is 7.71. The van der Waals surface area contributed by atoms with Crippen LogP contribution in [-0.2, 0) is 13.1 Å². The van der Waals surface area contributed by atoms with Gasteiger partial charge in [-0.15, -0.1) is 0 Å². The molecule has 6 heteroatoms. The van der Waals surface area contributed by atoms with Gasteiger partial charge in [0.15, 0.2) is 10.6 Å². The molecule has 0 N–H and O–H groups in total. The molecule has 0 fully saturated rings. The second-order valence-corrected chi connectivity index (χ2v) is 5.90. The molecule has 3 rings (SSSR count). The summed E-state index contributed by atoms with van der Waals surface area (Å²) in [5.41, 5.74) is 2.10. The number of aryl methyl sites for hydroxylation is 1. The van der Waals surface area contributed by atoms with Gasteiger partial charge in [-0.05, 0) is 42.0 Å². The molecule has 0 amide bonds. The van der Waals surface area contributed by atoms with Crippen molar-refractivity contribution in [1.29, 1.82) is 5.26 Å². The quantitative estimate of drug-likeness (QED) is 0.629. The predicted octanol–water partition coefficient (Wildman–Crippen LogP) is 4.05. The van der Waals surface area contributed by atoms with E-state index >= 15 is 0 Å². The molecule has 0 unspecified atom stereocenters. The predicted molar refractivity (Wildman–Crippen MR) is 98.8 cm³/mol. The van der Waals surface area contributed by atoms with Crippen LogP contribution < -0.4 is 4.74 Å². The summed E-state index contributed by atoms with van der Waals surface area (Å²) in [5.74, 6) is 1.58. The first-order chi connectivity index (χ1) is 12.2. The van der Waals surface area contributed by atoms with Gasteiger partial charge in [0.25, 0.3) is 0 Å². The largest absolute Gasteiger partial charge is 0.497 e. The highest BCUT2D eigenvalue weighted by atomic mass is 32.1. The zero-order valence-corrected chi connectivity index (χ0v) is 14.7. The lowest BCUT2D eigenvalue weighted by Gasteiger charge is -2.07. The van der Waals surface area contributed by atoms with E-state index in [4.69, 9.17) is 22.2 Å². The van der Waals surface area contributed by atoms with E-state index in [2.05, 4.69) is 23.3 Å². The lowest BCUT2D eigenvalue weighted by atomic mass is 10.2. The van der Waals surface area contributed by atoms with Gasteiger partial charge in [-0.2, -0.15) is 10.4 Å². The molecule has 0 aliphatic carbocycles. The minimum absolute atomic E-state index is 0.374. The number of hydrogen-bond donors (Lipinski definition) is 0. The third-order valence-electron chi connectivity index (χ3n) is 3.89. The van der Waals surface area contributed by atoms with Crippen LogP contribution in [-0.4, -0.2) is 21.5 Å². The molecule has 0 bridgehead atoms. The molecular weight excluding hydrogens is 332 g/mol. The summed E-state index contributed by atoms with van der Waals surface area (Å²) in [4.78, 5) is 0. The molecule has 1 heterocycles. The second kappa shape index (κ2) is 7.77. The summed E-state index contributed by atoms with van der Waals surface area (Å²) in [5, 5.41) is 13.5. The van der Waals surface area contributed by atoms with E-state index in [1.807, 2.05) is 47.0 Å². The van der Waals surface area contributed by atoms with Crippen LogP contribution in [0.4, 0.5) is 0 Å². The average molecular weight is 350 g/mol. The lowest BCUT2D eigenvalue weighted by Crippen LogP contribution is -2.04. The maximum atomic E-state index is 8.86. The van der Waals surface area contributed by atoms with E-state index in [0.717, 1.165) is 22.7 Å². The van der Waals surface area contributed by atoms with Gasteiger partial charge in [0.05, 0.1) is 32.7 Å². The van der Waals surface area contributed by atoms with E-state index in [1.165, 1.54) is 0 Å². The Morgan fingerprint density at radius 3 is 2.48 bits per heavy atom. The third kappa shape index (κ3) is 3.78. The molecule has 2 aromatic carbocycles. The Morgan fingerprint density at radius 2 is 1.84 bits per heavy atom. The zero-order chi connectivity index (χ0) is 17.6. The molecule has 0 atom stereocenters. The summed E-state index contributed by atoms with van der Waals surface area (Å²) < 4.78 is 9.57. The molecule has 0 saturated carbocycles. The van der Waals surface area contributed by atoms with Gasteiger partial charge >= 0.3 is 0 Å². The number of nitriles is 1. The van der Waals surface area contributed by atoms with Crippen LogP contribution in [0.5, 0.6) is 5.75 Å². The van der Waals surface area contributed by atoms with Gasteiger partial charge < -0.3 is 4.74 Å². The molecular formula is C19H18N4OS. The molecule has 1 aromatic heterocycles. The molecule has 0 aliphatic heterocycles. The van der Waals surface area contributed by atoms with Crippen molar-refractivity contribution in [1.82, 2.24) is 14.3 Å². The van der Waals surface area contributed by atoms with Gasteiger partial charge in [0.1, 0.15) is 5.75 Å². The number of methoxy groups -OCH3 is 1. The summed E-state index contributed by atoms with van der Waals surface area (Å²) >= 11 is 5.60. The monoisotopic (exact) mass is 350 g/mol. The van der Waals surface area contributed by atoms with Crippen LogP contribution in [0.1, 0.15) is 12.0 Å². The fourth-order valence-electron chi connectivity index (χ4n) is 2.60. The number of hydrogen-bond acceptors (Lipinski definition) is 4. The van der Waals surface area contributed by atoms with Gasteiger partial charge in [0.2, 0.25) is 0 Å². The Labute approximate surface area is 151 Å². The molecule has 25 heavy (non-hydrogen) atoms. The summed E-state index contributed by atoms with van der Waals surface area (Å²) in [6.07, 6.45) is 0.374. The highest BCUT2D eigenvalue weighted by Gasteiger charge is 2.13. The van der Waals surface area contributed by atoms with Crippen LogP contribution in [0.25, 0.3) is 11.4 Å². The van der Waals surface area contributed by atoms with Crippen LogP contribution in [0, 0.1) is 16.1 Å². The van der Waals surface area contributed by atoms with Crippen molar-refractivity contribution in [2.24, 2.45) is 0 Å². The fourth-order valence-corrected chi connectivity index (χ4v) is 2.89. The number of ether oxygens (including phenoxy) is 1. The van der Waals surface area contributed by atoms with E-state index in [1.54, 1.807) is 11.8 Å². The van der Waals surface area contributed by atoms with E-state index in [0.29, 0.717) is 24.3 Å². The summed E-state index contributed by atoms with van der Waals surface area (Å²) in [6.45, 7) is 1.12. The minimum Gasteiger partial charge on any atom is -0.497 e. The molecule has 0 aliphatic rings. The van der Waals surface area contributed by atoms with Crippen LogP contribution in [0.3, 0.4) is 0 Å². The van der Waals surface area contributed by atoms with Crippen molar-refractivity contribution in [2.45, 2.75) is 19.5 Å². The zero-order valence-electron chi connectivity index (χ0n) is 13.9. The SMILES string of the molecule is COc1ccc(-c2nn(CCC#N)c(=S)n2Cc2ccccc2)cc1. The number of benzene rings is 2. The number of nitrogens with zero attached hydrogens (tertiary/aromatic N) is 4. The Bertz CT molecular complexity index is 936. The van der Waals surface area contributed by atoms with Crippen molar-refractivity contribution >= 4 is 12.2 Å². The Balaban J connectivity index is 2.05. The first-order valence-electron chi connectivity index (χ1n) is 7.96. The first-order valence-corrected chi connectivity index (χ1v) is 8.36. The van der Waals surface area contributed by atoms with E-state index in [-0.39, 0.29) is 0 Å². The molecule has 0 radical (unpaired) electrons. The fraction of sp³-hybridized carbons (Fsp3) is 0.211.